The molecule has 1 amide bonds. The molecule has 0 radical (unpaired) electrons. The summed E-state index contributed by atoms with van der Waals surface area (Å²) in [6, 6.07) is 5.31. The Kier molecular flexibility index (Phi) is 3.44. The Morgan fingerprint density at radius 1 is 1.30 bits per heavy atom. The molecule has 108 valence electrons. The highest BCUT2D eigenvalue weighted by Crippen LogP contribution is 2.43. The number of rotatable bonds is 2. The van der Waals surface area contributed by atoms with Gasteiger partial charge in [0.05, 0.1) is 5.56 Å². The van der Waals surface area contributed by atoms with E-state index in [0.717, 1.165) is 30.7 Å². The van der Waals surface area contributed by atoms with Crippen molar-refractivity contribution in [1.29, 1.82) is 0 Å². The zero-order chi connectivity index (χ0) is 14.3. The van der Waals surface area contributed by atoms with Crippen molar-refractivity contribution >= 4 is 17.7 Å². The van der Waals surface area contributed by atoms with Crippen molar-refractivity contribution in [2.24, 2.45) is 5.92 Å². The van der Waals surface area contributed by atoms with Gasteiger partial charge >= 0.3 is 6.18 Å². The quantitative estimate of drug-likeness (QED) is 0.830. The zero-order valence-corrected chi connectivity index (χ0v) is 11.5. The molecule has 2 aliphatic rings. The summed E-state index contributed by atoms with van der Waals surface area (Å²) in [5, 5.41) is -0.273. The lowest BCUT2D eigenvalue weighted by Gasteiger charge is -2.24. The monoisotopic (exact) mass is 301 g/mol. The highest BCUT2D eigenvalue weighted by Gasteiger charge is 2.40. The maximum Gasteiger partial charge on any atom is 0.416 e. The van der Waals surface area contributed by atoms with Crippen molar-refractivity contribution in [2.75, 3.05) is 12.3 Å². The number of thioether (sulfide) groups is 1. The SMILES string of the molecule is O=C(C1CC1)N1CCSC1c1cccc(C(F)(F)F)c1. The number of nitrogens with zero attached hydrogens (tertiary/aromatic N) is 1. The van der Waals surface area contributed by atoms with Crippen LogP contribution in [0.2, 0.25) is 0 Å². The van der Waals surface area contributed by atoms with E-state index in [-0.39, 0.29) is 17.2 Å². The molecule has 20 heavy (non-hydrogen) atoms. The van der Waals surface area contributed by atoms with Crippen molar-refractivity contribution in [2.45, 2.75) is 24.4 Å². The van der Waals surface area contributed by atoms with Crippen LogP contribution in [0, 0.1) is 5.92 Å². The first-order valence-electron chi connectivity index (χ1n) is 6.56. The summed E-state index contributed by atoms with van der Waals surface area (Å²) in [6.45, 7) is 0.626. The third-order valence-electron chi connectivity index (χ3n) is 3.60. The highest BCUT2D eigenvalue weighted by molar-refractivity contribution is 7.99. The molecule has 2 nitrogen and oxygen atoms in total. The Balaban J connectivity index is 1.85. The highest BCUT2D eigenvalue weighted by atomic mass is 32.2. The minimum absolute atomic E-state index is 0.0948. The van der Waals surface area contributed by atoms with Gasteiger partial charge in [-0.25, -0.2) is 0 Å². The van der Waals surface area contributed by atoms with Gasteiger partial charge in [0.2, 0.25) is 5.91 Å². The molecule has 1 saturated heterocycles. The van der Waals surface area contributed by atoms with Gasteiger partial charge in [-0.15, -0.1) is 11.8 Å². The fourth-order valence-electron chi connectivity index (χ4n) is 2.41. The number of halogens is 3. The number of benzene rings is 1. The lowest BCUT2D eigenvalue weighted by Crippen LogP contribution is -2.31. The molecule has 1 aliphatic heterocycles. The standard InChI is InChI=1S/C14H14F3NOS/c15-14(16,17)11-3-1-2-10(8-11)13-18(6-7-20-13)12(19)9-4-5-9/h1-3,8-9,13H,4-7H2. The second-order valence-electron chi connectivity index (χ2n) is 5.15. The zero-order valence-electron chi connectivity index (χ0n) is 10.7. The molecule has 0 bridgehead atoms. The van der Waals surface area contributed by atoms with E-state index < -0.39 is 11.7 Å². The minimum Gasteiger partial charge on any atom is -0.325 e. The molecule has 0 aromatic heterocycles. The van der Waals surface area contributed by atoms with Crippen LogP contribution in [0.3, 0.4) is 0 Å². The molecule has 1 aromatic rings. The van der Waals surface area contributed by atoms with Crippen LogP contribution in [0.4, 0.5) is 13.2 Å². The molecule has 1 unspecified atom stereocenters. The molecule has 2 fully saturated rings. The van der Waals surface area contributed by atoms with Crippen LogP contribution in [0.1, 0.15) is 29.3 Å². The van der Waals surface area contributed by atoms with E-state index in [1.54, 1.807) is 11.0 Å². The van der Waals surface area contributed by atoms with Crippen LogP contribution in [-0.4, -0.2) is 23.1 Å². The van der Waals surface area contributed by atoms with Gasteiger partial charge in [-0.1, -0.05) is 12.1 Å². The summed E-state index contributed by atoms with van der Waals surface area (Å²) in [5.74, 6) is 0.971. The molecule has 1 saturated carbocycles. The maximum absolute atomic E-state index is 12.8. The summed E-state index contributed by atoms with van der Waals surface area (Å²) in [4.78, 5) is 13.9. The molecule has 1 aliphatic carbocycles. The summed E-state index contributed by atoms with van der Waals surface area (Å²) in [7, 11) is 0. The average Bonchev–Trinajstić information content (AvgIpc) is 3.14. The summed E-state index contributed by atoms with van der Waals surface area (Å²) in [5.41, 5.74) is -0.0855. The molecule has 6 heteroatoms. The predicted molar refractivity (Wildman–Crippen MR) is 71.1 cm³/mol. The average molecular weight is 301 g/mol. The largest absolute Gasteiger partial charge is 0.416 e. The normalized spacial score (nSPS) is 23.1. The number of alkyl halides is 3. The number of carbonyl (C=O) groups excluding carboxylic acids is 1. The summed E-state index contributed by atoms with van der Waals surface area (Å²) < 4.78 is 38.3. The van der Waals surface area contributed by atoms with E-state index in [0.29, 0.717) is 12.1 Å². The van der Waals surface area contributed by atoms with E-state index in [2.05, 4.69) is 0 Å². The second kappa shape index (κ2) is 4.98. The smallest absolute Gasteiger partial charge is 0.325 e. The van der Waals surface area contributed by atoms with Gasteiger partial charge in [0.25, 0.3) is 0 Å². The van der Waals surface area contributed by atoms with Gasteiger partial charge in [-0.3, -0.25) is 4.79 Å². The van der Waals surface area contributed by atoms with Crippen LogP contribution < -0.4 is 0 Å². The van der Waals surface area contributed by atoms with Gasteiger partial charge in [0, 0.05) is 18.2 Å². The van der Waals surface area contributed by atoms with E-state index in [9.17, 15) is 18.0 Å². The molecule has 1 aromatic carbocycles. The third-order valence-corrected chi connectivity index (χ3v) is 4.86. The molecule has 0 N–H and O–H groups in total. The molecule has 1 heterocycles. The first-order chi connectivity index (χ1) is 9.47. The second-order valence-corrected chi connectivity index (χ2v) is 6.34. The Labute approximate surface area is 119 Å². The number of hydrogen-bond donors (Lipinski definition) is 0. The maximum atomic E-state index is 12.8. The minimum atomic E-state index is -4.34. The van der Waals surface area contributed by atoms with Crippen molar-refractivity contribution in [3.05, 3.63) is 35.4 Å². The molecular weight excluding hydrogens is 287 g/mol. The fraction of sp³-hybridized carbons (Fsp3) is 0.500. The van der Waals surface area contributed by atoms with Crippen LogP contribution in [0.15, 0.2) is 24.3 Å². The summed E-state index contributed by atoms with van der Waals surface area (Å²) >= 11 is 1.53. The first kappa shape index (κ1) is 13.8. The van der Waals surface area contributed by atoms with Crippen LogP contribution in [-0.2, 0) is 11.0 Å². The fourth-order valence-corrected chi connectivity index (χ4v) is 3.66. The molecule has 1 atom stereocenters. The Hall–Kier alpha value is -1.17. The Morgan fingerprint density at radius 3 is 2.70 bits per heavy atom. The Bertz CT molecular complexity index is 527. The molecule has 0 spiro atoms. The molecular formula is C14H14F3NOS. The van der Waals surface area contributed by atoms with E-state index in [1.807, 2.05) is 0 Å². The lowest BCUT2D eigenvalue weighted by molar-refractivity contribution is -0.137. The van der Waals surface area contributed by atoms with Gasteiger partial charge < -0.3 is 4.90 Å². The van der Waals surface area contributed by atoms with Crippen LogP contribution in [0.25, 0.3) is 0 Å². The van der Waals surface area contributed by atoms with E-state index in [1.165, 1.54) is 17.8 Å². The predicted octanol–water partition coefficient (Wildman–Crippen LogP) is 3.69. The van der Waals surface area contributed by atoms with Crippen molar-refractivity contribution in [1.82, 2.24) is 4.90 Å². The van der Waals surface area contributed by atoms with E-state index >= 15 is 0 Å². The number of amides is 1. The Morgan fingerprint density at radius 2 is 2.05 bits per heavy atom. The van der Waals surface area contributed by atoms with Crippen LogP contribution >= 0.6 is 11.8 Å². The van der Waals surface area contributed by atoms with Crippen molar-refractivity contribution in [3.8, 4) is 0 Å². The first-order valence-corrected chi connectivity index (χ1v) is 7.61. The number of hydrogen-bond acceptors (Lipinski definition) is 2. The molecule has 3 rings (SSSR count). The van der Waals surface area contributed by atoms with E-state index in [4.69, 9.17) is 0 Å². The lowest BCUT2D eigenvalue weighted by atomic mass is 10.1. The van der Waals surface area contributed by atoms with Crippen molar-refractivity contribution < 1.29 is 18.0 Å². The topological polar surface area (TPSA) is 20.3 Å². The van der Waals surface area contributed by atoms with Crippen molar-refractivity contribution in [3.63, 3.8) is 0 Å². The van der Waals surface area contributed by atoms with Gasteiger partial charge in [0.1, 0.15) is 5.37 Å². The van der Waals surface area contributed by atoms with Gasteiger partial charge in [0.15, 0.2) is 0 Å². The van der Waals surface area contributed by atoms with Crippen LogP contribution in [0.5, 0.6) is 0 Å². The van der Waals surface area contributed by atoms with Gasteiger partial charge in [-0.2, -0.15) is 13.2 Å². The summed E-state index contributed by atoms with van der Waals surface area (Å²) in [6.07, 6.45) is -2.52. The van der Waals surface area contributed by atoms with Gasteiger partial charge in [-0.05, 0) is 30.5 Å². The third kappa shape index (κ3) is 2.66. The number of carbonyl (C=O) groups is 1.